The molecule has 1 saturated carbocycles. The first-order valence-corrected chi connectivity index (χ1v) is 9.63. The van der Waals surface area contributed by atoms with E-state index < -0.39 is 5.92 Å². The first-order chi connectivity index (χ1) is 12.9. The number of hydrogen-bond donors (Lipinski definition) is 1. The Bertz CT molecular complexity index is 1030. The van der Waals surface area contributed by atoms with E-state index in [1.165, 1.54) is 0 Å². The molecule has 3 aromatic heterocycles. The maximum atomic E-state index is 13.1. The second-order valence-electron chi connectivity index (χ2n) is 7.12. The number of alkyl halides is 2. The number of nitrogens with zero attached hydrogens (tertiary/aromatic N) is 3. The SMILES string of the molecule is CN=Cc1cc(-c2ccc3c(C)c(CC4CC(F)(F)C4)sc3n2)cnc1N. The molecule has 0 unspecified atom stereocenters. The molecule has 0 atom stereocenters. The zero-order chi connectivity index (χ0) is 19.2. The topological polar surface area (TPSA) is 64.2 Å². The Hall–Kier alpha value is -2.41. The van der Waals surface area contributed by atoms with Gasteiger partial charge in [-0.05, 0) is 43.0 Å². The minimum absolute atomic E-state index is 0.00176. The van der Waals surface area contributed by atoms with Gasteiger partial charge in [0.2, 0.25) is 5.92 Å². The fourth-order valence-electron chi connectivity index (χ4n) is 3.57. The van der Waals surface area contributed by atoms with Gasteiger partial charge in [-0.2, -0.15) is 0 Å². The summed E-state index contributed by atoms with van der Waals surface area (Å²) in [5.41, 5.74) is 9.46. The molecule has 0 aliphatic heterocycles. The highest BCUT2D eigenvalue weighted by Crippen LogP contribution is 2.45. The third-order valence-corrected chi connectivity index (χ3v) is 6.29. The Kier molecular flexibility index (Phi) is 4.42. The molecule has 4 nitrogen and oxygen atoms in total. The summed E-state index contributed by atoms with van der Waals surface area (Å²) in [5, 5.41) is 1.09. The number of halogens is 2. The highest BCUT2D eigenvalue weighted by Gasteiger charge is 2.45. The van der Waals surface area contributed by atoms with E-state index in [1.54, 1.807) is 30.8 Å². The molecule has 0 amide bonds. The lowest BCUT2D eigenvalue weighted by Crippen LogP contribution is -2.36. The number of pyridine rings is 2. The summed E-state index contributed by atoms with van der Waals surface area (Å²) in [7, 11) is 1.68. The van der Waals surface area contributed by atoms with Crippen molar-refractivity contribution in [2.45, 2.75) is 32.1 Å². The van der Waals surface area contributed by atoms with E-state index >= 15 is 0 Å². The molecule has 0 bridgehead atoms. The number of aliphatic imine (C=N–C) groups is 1. The molecule has 1 aliphatic carbocycles. The van der Waals surface area contributed by atoms with Crippen LogP contribution in [-0.2, 0) is 6.42 Å². The van der Waals surface area contributed by atoms with Crippen LogP contribution in [0.5, 0.6) is 0 Å². The van der Waals surface area contributed by atoms with Gasteiger partial charge in [0.05, 0.1) is 5.69 Å². The van der Waals surface area contributed by atoms with E-state index in [1.807, 2.05) is 25.1 Å². The van der Waals surface area contributed by atoms with Crippen LogP contribution in [0.3, 0.4) is 0 Å². The summed E-state index contributed by atoms with van der Waals surface area (Å²) >= 11 is 1.60. The number of hydrogen-bond acceptors (Lipinski definition) is 5. The van der Waals surface area contributed by atoms with E-state index in [4.69, 9.17) is 10.7 Å². The Morgan fingerprint density at radius 1 is 1.37 bits per heavy atom. The summed E-state index contributed by atoms with van der Waals surface area (Å²) in [6, 6.07) is 5.93. The molecule has 0 spiro atoms. The van der Waals surface area contributed by atoms with Crippen molar-refractivity contribution in [2.24, 2.45) is 10.9 Å². The number of aryl methyl sites for hydroxylation is 1. The molecule has 7 heteroatoms. The van der Waals surface area contributed by atoms with Crippen molar-refractivity contribution >= 4 is 33.6 Å². The van der Waals surface area contributed by atoms with Gasteiger partial charge in [-0.25, -0.2) is 18.7 Å². The zero-order valence-electron chi connectivity index (χ0n) is 15.2. The van der Waals surface area contributed by atoms with Gasteiger partial charge in [0.15, 0.2) is 0 Å². The lowest BCUT2D eigenvalue weighted by Gasteiger charge is -2.34. The van der Waals surface area contributed by atoms with Crippen molar-refractivity contribution in [3.63, 3.8) is 0 Å². The highest BCUT2D eigenvalue weighted by molar-refractivity contribution is 7.18. The molecule has 27 heavy (non-hydrogen) atoms. The van der Waals surface area contributed by atoms with E-state index in [-0.39, 0.29) is 18.8 Å². The third kappa shape index (κ3) is 3.43. The van der Waals surface area contributed by atoms with E-state index in [0.29, 0.717) is 12.2 Å². The van der Waals surface area contributed by atoms with Crippen LogP contribution >= 0.6 is 11.3 Å². The van der Waals surface area contributed by atoms with E-state index in [0.717, 1.165) is 37.5 Å². The van der Waals surface area contributed by atoms with Crippen LogP contribution in [0, 0.1) is 12.8 Å². The predicted molar refractivity (Wildman–Crippen MR) is 107 cm³/mol. The molecule has 3 heterocycles. The van der Waals surface area contributed by atoms with Crippen LogP contribution in [0.15, 0.2) is 29.4 Å². The van der Waals surface area contributed by atoms with E-state index in [2.05, 4.69) is 9.98 Å². The maximum Gasteiger partial charge on any atom is 0.248 e. The summed E-state index contributed by atoms with van der Waals surface area (Å²) in [5.74, 6) is -1.97. The third-order valence-electron chi connectivity index (χ3n) is 5.06. The van der Waals surface area contributed by atoms with Crippen LogP contribution < -0.4 is 5.73 Å². The largest absolute Gasteiger partial charge is 0.383 e. The minimum atomic E-state index is -2.47. The molecular weight excluding hydrogens is 366 g/mol. The second-order valence-corrected chi connectivity index (χ2v) is 8.20. The monoisotopic (exact) mass is 386 g/mol. The van der Waals surface area contributed by atoms with Gasteiger partial charge in [0.25, 0.3) is 0 Å². The van der Waals surface area contributed by atoms with Crippen LogP contribution in [0.4, 0.5) is 14.6 Å². The fourth-order valence-corrected chi connectivity index (χ4v) is 4.86. The number of thiophene rings is 1. The first-order valence-electron chi connectivity index (χ1n) is 8.81. The van der Waals surface area contributed by atoms with Crippen LogP contribution in [0.2, 0.25) is 0 Å². The minimum Gasteiger partial charge on any atom is -0.383 e. The normalized spacial score (nSPS) is 16.9. The quantitative estimate of drug-likeness (QED) is 0.650. The van der Waals surface area contributed by atoms with Crippen LogP contribution in [0.25, 0.3) is 21.5 Å². The van der Waals surface area contributed by atoms with Gasteiger partial charge in [0, 0.05) is 53.7 Å². The number of nitrogens with two attached hydrogens (primary N) is 1. The number of anilines is 1. The van der Waals surface area contributed by atoms with Crippen molar-refractivity contribution in [2.75, 3.05) is 12.8 Å². The zero-order valence-corrected chi connectivity index (χ0v) is 16.0. The number of aromatic nitrogens is 2. The lowest BCUT2D eigenvalue weighted by atomic mass is 9.78. The molecule has 0 aromatic carbocycles. The van der Waals surface area contributed by atoms with Crippen LogP contribution in [0.1, 0.15) is 28.8 Å². The van der Waals surface area contributed by atoms with Gasteiger partial charge in [0.1, 0.15) is 10.6 Å². The molecule has 4 rings (SSSR count). The second kappa shape index (κ2) is 6.64. The summed E-state index contributed by atoms with van der Waals surface area (Å²) in [6.45, 7) is 2.05. The molecule has 0 radical (unpaired) electrons. The number of nitrogen functional groups attached to an aromatic ring is 1. The van der Waals surface area contributed by atoms with Gasteiger partial charge in [-0.15, -0.1) is 11.3 Å². The predicted octanol–water partition coefficient (Wildman–Crippen LogP) is 4.89. The molecule has 140 valence electrons. The summed E-state index contributed by atoms with van der Waals surface area (Å²) < 4.78 is 26.2. The molecule has 1 aliphatic rings. The summed E-state index contributed by atoms with van der Waals surface area (Å²) in [4.78, 5) is 15.1. The van der Waals surface area contributed by atoms with Crippen molar-refractivity contribution in [3.8, 4) is 11.3 Å². The van der Waals surface area contributed by atoms with Gasteiger partial charge >= 0.3 is 0 Å². The highest BCUT2D eigenvalue weighted by atomic mass is 32.1. The van der Waals surface area contributed by atoms with Gasteiger partial charge in [-0.3, -0.25) is 4.99 Å². The summed E-state index contributed by atoms with van der Waals surface area (Å²) in [6.07, 6.45) is 4.08. The lowest BCUT2D eigenvalue weighted by molar-refractivity contribution is -0.109. The van der Waals surface area contributed by atoms with Crippen molar-refractivity contribution in [1.82, 2.24) is 9.97 Å². The number of fused-ring (bicyclic) bond motifs is 1. The van der Waals surface area contributed by atoms with E-state index in [9.17, 15) is 8.78 Å². The van der Waals surface area contributed by atoms with Crippen molar-refractivity contribution in [1.29, 1.82) is 0 Å². The first kappa shape index (κ1) is 18.0. The molecule has 1 fully saturated rings. The Morgan fingerprint density at radius 3 is 2.85 bits per heavy atom. The molecule has 0 saturated heterocycles. The number of rotatable bonds is 4. The maximum absolute atomic E-state index is 13.1. The Labute approximate surface area is 160 Å². The molecule has 3 aromatic rings. The standard InChI is InChI=1S/C20H20F2N4S/c1-11-15-3-4-16(13-6-14(9-24-2)18(23)25-10-13)26-19(15)27-17(11)5-12-7-20(21,22)8-12/h3-4,6,9-10,12H,5,7-8H2,1-2H3,(H2,23,25). The Balaban J connectivity index is 1.66. The van der Waals surface area contributed by atoms with Crippen molar-refractivity contribution < 1.29 is 8.78 Å². The Morgan fingerprint density at radius 2 is 2.15 bits per heavy atom. The fraction of sp³-hybridized carbons (Fsp3) is 0.350. The average molecular weight is 386 g/mol. The van der Waals surface area contributed by atoms with Crippen molar-refractivity contribution in [3.05, 3.63) is 40.4 Å². The van der Waals surface area contributed by atoms with Gasteiger partial charge in [-0.1, -0.05) is 0 Å². The van der Waals surface area contributed by atoms with Crippen LogP contribution in [-0.4, -0.2) is 29.2 Å². The molecular formula is C20H20F2N4S. The smallest absolute Gasteiger partial charge is 0.248 e. The van der Waals surface area contributed by atoms with Gasteiger partial charge < -0.3 is 5.73 Å². The molecule has 2 N–H and O–H groups in total. The average Bonchev–Trinajstić information content (AvgIpc) is 2.91.